The van der Waals surface area contributed by atoms with Gasteiger partial charge < -0.3 is 5.32 Å². The van der Waals surface area contributed by atoms with Gasteiger partial charge in [0.25, 0.3) is 5.56 Å². The normalized spacial score (nSPS) is 14.1. The van der Waals surface area contributed by atoms with Crippen molar-refractivity contribution in [1.29, 1.82) is 0 Å². The third-order valence-electron chi connectivity index (χ3n) is 5.18. The molecular weight excluding hydrogens is 447 g/mol. The molecule has 1 aliphatic carbocycles. The van der Waals surface area contributed by atoms with Gasteiger partial charge in [0.1, 0.15) is 4.83 Å². The van der Waals surface area contributed by atoms with Crippen molar-refractivity contribution in [1.82, 2.24) is 9.55 Å². The zero-order valence-electron chi connectivity index (χ0n) is 16.9. The van der Waals surface area contributed by atoms with Gasteiger partial charge in [-0.3, -0.25) is 14.2 Å². The minimum atomic E-state index is -1.65. The number of carbonyl (C=O) groups is 1. The molecule has 1 aromatic carbocycles. The van der Waals surface area contributed by atoms with Gasteiger partial charge in [0.2, 0.25) is 5.91 Å². The zero-order chi connectivity index (χ0) is 22.3. The van der Waals surface area contributed by atoms with Gasteiger partial charge in [-0.1, -0.05) is 18.7 Å². The van der Waals surface area contributed by atoms with E-state index in [2.05, 4.69) is 10.3 Å². The Morgan fingerprint density at radius 1 is 1.29 bits per heavy atom. The number of aryl methyl sites for hydroxylation is 2. The van der Waals surface area contributed by atoms with Crippen LogP contribution >= 0.6 is 23.1 Å². The number of nitrogens with zero attached hydrogens (tertiary/aromatic N) is 2. The fraction of sp³-hybridized carbons (Fsp3) is 0.381. The first kappa shape index (κ1) is 21.9. The van der Waals surface area contributed by atoms with Crippen molar-refractivity contribution in [2.45, 2.75) is 56.5 Å². The first-order chi connectivity index (χ1) is 14.8. The zero-order valence-corrected chi connectivity index (χ0v) is 18.6. The van der Waals surface area contributed by atoms with Gasteiger partial charge in [0, 0.05) is 11.4 Å². The van der Waals surface area contributed by atoms with Gasteiger partial charge in [-0.15, -0.1) is 11.3 Å². The quantitative estimate of drug-likeness (QED) is 0.318. The Labute approximate surface area is 184 Å². The second-order valence-corrected chi connectivity index (χ2v) is 9.75. The van der Waals surface area contributed by atoms with Crippen molar-refractivity contribution in [3.8, 4) is 0 Å². The fourth-order valence-corrected chi connectivity index (χ4v) is 5.87. The van der Waals surface area contributed by atoms with Gasteiger partial charge in [-0.05, 0) is 50.3 Å². The van der Waals surface area contributed by atoms with Gasteiger partial charge in [-0.25, -0.2) is 18.2 Å². The Morgan fingerprint density at radius 2 is 2.06 bits per heavy atom. The number of amides is 1. The van der Waals surface area contributed by atoms with E-state index in [-0.39, 0.29) is 5.56 Å². The van der Waals surface area contributed by atoms with E-state index in [1.165, 1.54) is 16.2 Å². The summed E-state index contributed by atoms with van der Waals surface area (Å²) in [5, 5.41) is 2.61. The molecule has 0 spiro atoms. The highest BCUT2D eigenvalue weighted by Gasteiger charge is 2.25. The fourth-order valence-electron chi connectivity index (χ4n) is 3.64. The van der Waals surface area contributed by atoms with Crippen LogP contribution in [0.2, 0.25) is 0 Å². The van der Waals surface area contributed by atoms with Crippen LogP contribution in [0.25, 0.3) is 10.2 Å². The minimum absolute atomic E-state index is 0.104. The molecule has 1 unspecified atom stereocenters. The highest BCUT2D eigenvalue weighted by molar-refractivity contribution is 8.00. The number of carbonyl (C=O) groups excluding carboxylic acids is 1. The van der Waals surface area contributed by atoms with Crippen LogP contribution in [-0.4, -0.2) is 20.7 Å². The molecule has 0 saturated heterocycles. The monoisotopic (exact) mass is 467 g/mol. The molecule has 31 heavy (non-hydrogen) atoms. The summed E-state index contributed by atoms with van der Waals surface area (Å²) in [5.74, 6) is -5.04. The first-order valence-electron chi connectivity index (χ1n) is 9.97. The van der Waals surface area contributed by atoms with Crippen LogP contribution < -0.4 is 10.9 Å². The number of aromatic nitrogens is 2. The number of thioether (sulfide) groups is 1. The lowest BCUT2D eigenvalue weighted by Crippen LogP contribution is -2.27. The van der Waals surface area contributed by atoms with E-state index >= 15 is 0 Å². The summed E-state index contributed by atoms with van der Waals surface area (Å²) >= 11 is 2.60. The molecular formula is C21H20F3N3O2S2. The molecule has 1 amide bonds. The molecule has 3 aromatic rings. The lowest BCUT2D eigenvalue weighted by atomic mass is 10.2. The smallest absolute Gasteiger partial charge is 0.263 e. The maximum Gasteiger partial charge on any atom is 0.263 e. The van der Waals surface area contributed by atoms with E-state index in [1.54, 1.807) is 11.5 Å². The average molecular weight is 468 g/mol. The summed E-state index contributed by atoms with van der Waals surface area (Å²) in [4.78, 5) is 32.3. The molecule has 0 fully saturated rings. The Hall–Kier alpha value is -2.33. The van der Waals surface area contributed by atoms with Crippen LogP contribution in [0, 0.1) is 17.5 Å². The molecule has 4 rings (SSSR count). The SMILES string of the molecule is CCCn1c(SC(C)C(=O)Nc2ccc(F)c(F)c2F)nc2sc3c(c2c1=O)CCC3. The van der Waals surface area contributed by atoms with E-state index < -0.39 is 34.3 Å². The van der Waals surface area contributed by atoms with E-state index in [4.69, 9.17) is 0 Å². The molecule has 5 nitrogen and oxygen atoms in total. The van der Waals surface area contributed by atoms with Crippen molar-refractivity contribution in [3.63, 3.8) is 0 Å². The number of thiophene rings is 1. The molecule has 1 N–H and O–H groups in total. The lowest BCUT2D eigenvalue weighted by Gasteiger charge is -2.16. The second kappa shape index (κ2) is 8.66. The number of benzene rings is 1. The lowest BCUT2D eigenvalue weighted by molar-refractivity contribution is -0.115. The standard InChI is InChI=1S/C21H20F3N3O2S2/c1-3-9-27-20(29)15-11-5-4-6-14(11)31-19(15)26-21(27)30-10(2)18(28)25-13-8-7-12(22)16(23)17(13)24/h7-8,10H,3-6,9H2,1-2H3,(H,25,28). The second-order valence-electron chi connectivity index (χ2n) is 7.36. The van der Waals surface area contributed by atoms with E-state index in [0.29, 0.717) is 28.3 Å². The number of hydrogen-bond donors (Lipinski definition) is 1. The van der Waals surface area contributed by atoms with Gasteiger partial charge in [-0.2, -0.15) is 0 Å². The Balaban J connectivity index is 1.63. The van der Waals surface area contributed by atoms with Gasteiger partial charge in [0.05, 0.1) is 16.3 Å². The number of rotatable bonds is 6. The van der Waals surface area contributed by atoms with E-state index in [0.717, 1.165) is 48.7 Å². The molecule has 1 aliphatic rings. The number of halogens is 3. The van der Waals surface area contributed by atoms with Crippen molar-refractivity contribution >= 4 is 44.9 Å². The molecule has 1 atom stereocenters. The third kappa shape index (κ3) is 3.98. The molecule has 164 valence electrons. The predicted octanol–water partition coefficient (Wildman–Crippen LogP) is 4.89. The van der Waals surface area contributed by atoms with Crippen LogP contribution in [0.5, 0.6) is 0 Å². The summed E-state index contributed by atoms with van der Waals surface area (Å²) in [6.45, 7) is 3.99. The third-order valence-corrected chi connectivity index (χ3v) is 7.46. The minimum Gasteiger partial charge on any atom is -0.323 e. The topological polar surface area (TPSA) is 64.0 Å². The molecule has 0 saturated carbocycles. The number of fused-ring (bicyclic) bond motifs is 3. The van der Waals surface area contributed by atoms with E-state index in [1.807, 2.05) is 6.92 Å². The molecule has 10 heteroatoms. The van der Waals surface area contributed by atoms with Crippen LogP contribution in [0.15, 0.2) is 22.1 Å². The van der Waals surface area contributed by atoms with Gasteiger partial charge in [0.15, 0.2) is 22.6 Å². The van der Waals surface area contributed by atoms with E-state index in [9.17, 15) is 22.8 Å². The van der Waals surface area contributed by atoms with Crippen LogP contribution in [0.3, 0.4) is 0 Å². The Bertz CT molecular complexity index is 1240. The highest BCUT2D eigenvalue weighted by atomic mass is 32.2. The maximum atomic E-state index is 13.9. The van der Waals surface area contributed by atoms with Gasteiger partial charge >= 0.3 is 0 Å². The molecule has 0 aliphatic heterocycles. The molecule has 2 aromatic heterocycles. The predicted molar refractivity (Wildman–Crippen MR) is 116 cm³/mol. The summed E-state index contributed by atoms with van der Waals surface area (Å²) in [7, 11) is 0. The Kier molecular flexibility index (Phi) is 6.11. The van der Waals surface area contributed by atoms with Crippen molar-refractivity contribution < 1.29 is 18.0 Å². The first-order valence-corrected chi connectivity index (χ1v) is 11.7. The van der Waals surface area contributed by atoms with Crippen molar-refractivity contribution in [2.75, 3.05) is 5.32 Å². The Morgan fingerprint density at radius 3 is 2.81 bits per heavy atom. The highest BCUT2D eigenvalue weighted by Crippen LogP contribution is 2.36. The molecule has 0 radical (unpaired) electrons. The summed E-state index contributed by atoms with van der Waals surface area (Å²) in [5.41, 5.74) is 0.548. The molecule has 0 bridgehead atoms. The van der Waals surface area contributed by atoms with Crippen LogP contribution in [-0.2, 0) is 24.2 Å². The summed E-state index contributed by atoms with van der Waals surface area (Å²) < 4.78 is 42.0. The average Bonchev–Trinajstić information content (AvgIpc) is 3.32. The van der Waals surface area contributed by atoms with Crippen LogP contribution in [0.4, 0.5) is 18.9 Å². The molecule has 2 heterocycles. The number of anilines is 1. The van der Waals surface area contributed by atoms with Crippen LogP contribution in [0.1, 0.15) is 37.1 Å². The maximum absolute atomic E-state index is 13.9. The largest absolute Gasteiger partial charge is 0.323 e. The summed E-state index contributed by atoms with van der Waals surface area (Å²) in [6, 6.07) is 1.71. The number of hydrogen-bond acceptors (Lipinski definition) is 5. The summed E-state index contributed by atoms with van der Waals surface area (Å²) in [6.07, 6.45) is 3.58. The number of nitrogens with one attached hydrogen (secondary N) is 1. The van der Waals surface area contributed by atoms with Crippen molar-refractivity contribution in [2.24, 2.45) is 0 Å². The van der Waals surface area contributed by atoms with Crippen molar-refractivity contribution in [3.05, 3.63) is 50.4 Å².